The molecule has 0 N–H and O–H groups in total. The Bertz CT molecular complexity index is 6620. The quantitative estimate of drug-likeness (QED) is 0.0756. The van der Waals surface area contributed by atoms with Crippen LogP contribution >= 0.6 is 0 Å². The molecule has 0 fully saturated rings. The van der Waals surface area contributed by atoms with E-state index in [2.05, 4.69) is 347 Å². The molecule has 560 valence electrons. The zero-order chi connectivity index (χ0) is 77.3. The highest BCUT2D eigenvalue weighted by Gasteiger charge is 2.50. The highest BCUT2D eigenvalue weighted by atomic mass is 16.3. The monoisotopic (exact) mass is 1480 g/mol. The van der Waals surface area contributed by atoms with E-state index >= 15 is 0 Å². The van der Waals surface area contributed by atoms with Crippen LogP contribution in [0.4, 0.5) is 17.1 Å². The van der Waals surface area contributed by atoms with E-state index in [1.165, 1.54) is 227 Å². The average Bonchev–Trinajstić information content (AvgIpc) is 1.51. The molecule has 2 heterocycles. The Morgan fingerprint density at radius 3 is 1.31 bits per heavy atom. The zero-order valence-corrected chi connectivity index (χ0v) is 67.7. The molecule has 0 saturated carbocycles. The van der Waals surface area contributed by atoms with Crippen LogP contribution in [-0.4, -0.2) is 0 Å². The molecule has 16 aromatic rings. The molecule has 0 saturated heterocycles. The summed E-state index contributed by atoms with van der Waals surface area (Å²) >= 11 is 0. The van der Waals surface area contributed by atoms with Gasteiger partial charge in [0.25, 0.3) is 0 Å². The summed E-state index contributed by atoms with van der Waals surface area (Å²) in [7, 11) is 0. The van der Waals surface area contributed by atoms with Gasteiger partial charge in [0.05, 0.1) is 0 Å². The Hall–Kier alpha value is -11.5. The van der Waals surface area contributed by atoms with Gasteiger partial charge in [-0.3, -0.25) is 0 Å². The normalized spacial score (nSPS) is 15.4. The lowest BCUT2D eigenvalue weighted by atomic mass is 9.70. The molecular weight excluding hydrogens is 1380 g/mol. The number of unbranched alkanes of at least 4 members (excludes halogenated alkanes) is 8. The van der Waals surface area contributed by atoms with Gasteiger partial charge in [0, 0.05) is 76.8 Å². The summed E-state index contributed by atoms with van der Waals surface area (Å²) in [6.07, 6.45) is 15.5. The Morgan fingerprint density at radius 2 is 0.667 bits per heavy atom. The maximum Gasteiger partial charge on any atom is 0.144 e. The van der Waals surface area contributed by atoms with Crippen LogP contribution in [-0.2, 0) is 27.1 Å². The fraction of sp³-hybridized carbons (Fsp3) is 0.243. The predicted octanol–water partition coefficient (Wildman–Crippen LogP) is 31.8. The van der Waals surface area contributed by atoms with Crippen LogP contribution in [0.15, 0.2) is 282 Å². The lowest BCUT2D eigenvalue weighted by Crippen LogP contribution is -2.25. The molecule has 0 radical (unpaired) electrons. The number of anilines is 3. The minimum Gasteiger partial charge on any atom is -0.455 e. The van der Waals surface area contributed by atoms with Gasteiger partial charge in [-0.15, -0.1) is 0 Å². The van der Waals surface area contributed by atoms with Gasteiger partial charge in [-0.2, -0.15) is 0 Å². The molecule has 0 amide bonds. The van der Waals surface area contributed by atoms with E-state index < -0.39 is 5.41 Å². The summed E-state index contributed by atoms with van der Waals surface area (Å²) in [5.74, 6) is 0. The fourth-order valence-corrected chi connectivity index (χ4v) is 22.3. The van der Waals surface area contributed by atoms with Gasteiger partial charge >= 0.3 is 0 Å². The van der Waals surface area contributed by atoms with E-state index in [9.17, 15) is 0 Å². The first kappa shape index (κ1) is 70.4. The number of nitrogens with zero attached hydrogens (tertiary/aromatic N) is 1. The number of rotatable bonds is 19. The molecule has 0 unspecified atom stereocenters. The van der Waals surface area contributed by atoms with Crippen molar-refractivity contribution in [2.24, 2.45) is 0 Å². The van der Waals surface area contributed by atoms with Gasteiger partial charge in [-0.05, 0) is 230 Å². The van der Waals surface area contributed by atoms with Crippen molar-refractivity contribution in [1.29, 1.82) is 0 Å². The maximum absolute atomic E-state index is 7.17. The van der Waals surface area contributed by atoms with Gasteiger partial charge in [-0.1, -0.05) is 334 Å². The minimum atomic E-state index is -0.403. The second kappa shape index (κ2) is 26.3. The number of benzene rings is 14. The van der Waals surface area contributed by atoms with Gasteiger partial charge in [0.1, 0.15) is 22.3 Å². The molecule has 3 nitrogen and oxygen atoms in total. The van der Waals surface area contributed by atoms with Gasteiger partial charge in [-0.25, -0.2) is 0 Å². The van der Waals surface area contributed by atoms with E-state index in [0.29, 0.717) is 0 Å². The molecule has 14 aromatic carbocycles. The zero-order valence-electron chi connectivity index (χ0n) is 67.7. The molecule has 5 aliphatic rings. The van der Waals surface area contributed by atoms with Gasteiger partial charge in [0.15, 0.2) is 0 Å². The van der Waals surface area contributed by atoms with Crippen molar-refractivity contribution in [2.45, 2.75) is 173 Å². The number of fused-ring (bicyclic) bond motifs is 25. The smallest absolute Gasteiger partial charge is 0.144 e. The summed E-state index contributed by atoms with van der Waals surface area (Å²) in [5.41, 5.74) is 42.6. The first-order chi connectivity index (χ1) is 55.5. The Kier molecular flexibility index (Phi) is 16.2. The van der Waals surface area contributed by atoms with E-state index in [1.54, 1.807) is 11.1 Å². The predicted molar refractivity (Wildman–Crippen MR) is 481 cm³/mol. The van der Waals surface area contributed by atoms with Crippen LogP contribution < -0.4 is 4.90 Å². The molecule has 21 rings (SSSR count). The average molecular weight is 1480 g/mol. The number of hydrogen-bond acceptors (Lipinski definition) is 3. The maximum atomic E-state index is 7.17. The van der Waals surface area contributed by atoms with Crippen LogP contribution in [0.3, 0.4) is 0 Å². The van der Waals surface area contributed by atoms with Crippen molar-refractivity contribution in [2.75, 3.05) is 4.90 Å². The third-order valence-corrected chi connectivity index (χ3v) is 28.1. The third-order valence-electron chi connectivity index (χ3n) is 28.1. The summed E-state index contributed by atoms with van der Waals surface area (Å²) < 4.78 is 14.3. The van der Waals surface area contributed by atoms with Crippen LogP contribution in [0.2, 0.25) is 0 Å². The first-order valence-corrected chi connectivity index (χ1v) is 42.5. The molecular formula is C111H99NO2. The standard InChI is InChI=1S/C111H99NO2/c1-11-13-15-17-30-59-111(60-31-18-16-14-12-2)89-42-27-22-37-78(89)81-56-51-74(64-94(81)111)73-50-55-80-79-54-49-72(62-90(79)107(3,4)91(80)63-73)69-45-47-70(48-46-69)87-67-95-98(100-85-39-24-28-43-96(85)113-105(87)100)83-57-52-76(65-92(83)108(95,5)6)112(75-36-32-35-71(61-75)68-33-20-19-21-34-68)77-53-58-84-93(66-77)110(9,10)104-102(84)106-101(86-40-25-29-44-97(86)114-106)99-82-38-23-26-41-88(82)109(7,8)103(99)104/h19-29,32-58,61-67H,11-18,30-31,59-60H2,1-10H3. The minimum absolute atomic E-state index is 0.0414. The van der Waals surface area contributed by atoms with Crippen molar-refractivity contribution in [3.8, 4) is 100 Å². The molecule has 2 aromatic heterocycles. The lowest BCUT2D eigenvalue weighted by molar-refractivity contribution is 0.399. The Morgan fingerprint density at radius 1 is 0.254 bits per heavy atom. The van der Waals surface area contributed by atoms with Gasteiger partial charge < -0.3 is 13.7 Å². The van der Waals surface area contributed by atoms with Crippen LogP contribution in [0.5, 0.6) is 0 Å². The molecule has 0 aliphatic heterocycles. The van der Waals surface area contributed by atoms with E-state index in [1.807, 2.05) is 0 Å². The lowest BCUT2D eigenvalue weighted by Gasteiger charge is -2.33. The van der Waals surface area contributed by atoms with Gasteiger partial charge in [0.2, 0.25) is 0 Å². The second-order valence-corrected chi connectivity index (χ2v) is 36.0. The molecule has 0 spiro atoms. The largest absolute Gasteiger partial charge is 0.455 e. The molecule has 0 atom stereocenters. The van der Waals surface area contributed by atoms with E-state index in [4.69, 9.17) is 8.83 Å². The summed E-state index contributed by atoms with van der Waals surface area (Å²) in [5, 5.41) is 4.70. The Labute approximate surface area is 672 Å². The Balaban J connectivity index is 0.629. The van der Waals surface area contributed by atoms with E-state index in [0.717, 1.165) is 55.9 Å². The highest BCUT2D eigenvalue weighted by molar-refractivity contribution is 6.22. The topological polar surface area (TPSA) is 29.5 Å². The molecule has 114 heavy (non-hydrogen) atoms. The van der Waals surface area contributed by atoms with Crippen molar-refractivity contribution in [3.63, 3.8) is 0 Å². The fourth-order valence-electron chi connectivity index (χ4n) is 22.3. The SMILES string of the molecule is CCCCCCCC1(CCCCCCC)c2ccccc2-c2ccc(-c3ccc4c(c3)C(C)(C)c3cc(-c5ccc(-c6cc7c(c8c6oc6ccccc68)-c6ccc(N(c8cccc(-c9ccccc9)c8)c8ccc9c(c8)C(C)(C)c8c%10c(c%11c(oc%12ccccc%12%11)c8-9)-c8ccccc8C%10(C)C)cc6C7(C)C)cc5)ccc3-4)cc21. The third kappa shape index (κ3) is 10.4. The van der Waals surface area contributed by atoms with Crippen molar-refractivity contribution in [1.82, 2.24) is 0 Å². The highest BCUT2D eigenvalue weighted by Crippen LogP contribution is 2.65. The number of para-hydroxylation sites is 2. The van der Waals surface area contributed by atoms with Crippen molar-refractivity contribution >= 4 is 60.9 Å². The van der Waals surface area contributed by atoms with Crippen LogP contribution in [0.1, 0.15) is 202 Å². The summed E-state index contributed by atoms with van der Waals surface area (Å²) in [6, 6.07) is 104. The molecule has 3 heteroatoms. The first-order valence-electron chi connectivity index (χ1n) is 42.5. The van der Waals surface area contributed by atoms with Crippen molar-refractivity contribution < 1.29 is 8.83 Å². The summed E-state index contributed by atoms with van der Waals surface area (Å²) in [4.78, 5) is 2.52. The number of hydrogen-bond donors (Lipinski definition) is 0. The number of furan rings is 2. The molecule has 5 aliphatic carbocycles. The van der Waals surface area contributed by atoms with Crippen molar-refractivity contribution in [3.05, 3.63) is 329 Å². The van der Waals surface area contributed by atoms with E-state index in [-0.39, 0.29) is 21.7 Å². The van der Waals surface area contributed by atoms with Crippen LogP contribution in [0, 0.1) is 0 Å². The second-order valence-electron chi connectivity index (χ2n) is 36.0. The van der Waals surface area contributed by atoms with Crippen LogP contribution in [0.25, 0.3) is 144 Å². The summed E-state index contributed by atoms with van der Waals surface area (Å²) in [6.45, 7) is 24.2. The molecule has 0 bridgehead atoms.